The molecular weight excluding hydrogens is 290 g/mol. The molecular formula is C18H25N3O2. The molecule has 0 spiro atoms. The number of benzene rings is 1. The highest BCUT2D eigenvalue weighted by molar-refractivity contribution is 5.75. The Morgan fingerprint density at radius 3 is 2.48 bits per heavy atom. The van der Waals surface area contributed by atoms with Crippen LogP contribution in [0.3, 0.4) is 0 Å². The molecule has 1 atom stereocenters. The van der Waals surface area contributed by atoms with Crippen molar-refractivity contribution in [2.24, 2.45) is 0 Å². The second-order valence-electron chi connectivity index (χ2n) is 5.89. The van der Waals surface area contributed by atoms with E-state index in [1.807, 2.05) is 31.2 Å². The molecule has 23 heavy (non-hydrogen) atoms. The predicted octanol–water partition coefficient (Wildman–Crippen LogP) is 3.33. The summed E-state index contributed by atoms with van der Waals surface area (Å²) in [5.74, 6) is 0.990. The van der Waals surface area contributed by atoms with E-state index < -0.39 is 0 Å². The molecule has 1 aromatic heterocycles. The summed E-state index contributed by atoms with van der Waals surface area (Å²) in [6.45, 7) is 4.28. The molecule has 1 aliphatic heterocycles. The number of ether oxygens (including phenoxy) is 2. The van der Waals surface area contributed by atoms with Crippen LogP contribution in [0.5, 0.6) is 11.8 Å². The summed E-state index contributed by atoms with van der Waals surface area (Å²) in [5.41, 5.74) is 1.66. The Bertz CT molecular complexity index is 627. The van der Waals surface area contributed by atoms with Crippen molar-refractivity contribution in [1.82, 2.24) is 15.3 Å². The molecule has 124 valence electrons. The largest absolute Gasteiger partial charge is 0.474 e. The number of hydrogen-bond acceptors (Lipinski definition) is 5. The van der Waals surface area contributed by atoms with Gasteiger partial charge in [-0.1, -0.05) is 18.6 Å². The van der Waals surface area contributed by atoms with Crippen LogP contribution in [0.25, 0.3) is 11.0 Å². The third-order valence-electron chi connectivity index (χ3n) is 4.14. The second-order valence-corrected chi connectivity index (χ2v) is 5.89. The van der Waals surface area contributed by atoms with Gasteiger partial charge < -0.3 is 14.8 Å². The Morgan fingerprint density at radius 1 is 1.09 bits per heavy atom. The van der Waals surface area contributed by atoms with Crippen LogP contribution in [-0.2, 0) is 0 Å². The van der Waals surface area contributed by atoms with Crippen molar-refractivity contribution < 1.29 is 9.47 Å². The molecule has 0 aliphatic carbocycles. The van der Waals surface area contributed by atoms with Gasteiger partial charge in [0.15, 0.2) is 0 Å². The van der Waals surface area contributed by atoms with Gasteiger partial charge in [0.25, 0.3) is 11.8 Å². The second kappa shape index (κ2) is 8.11. The highest BCUT2D eigenvalue weighted by atomic mass is 16.5. The summed E-state index contributed by atoms with van der Waals surface area (Å²) in [6, 6.07) is 8.42. The van der Waals surface area contributed by atoms with Crippen molar-refractivity contribution in [3.63, 3.8) is 0 Å². The molecule has 1 saturated heterocycles. The SMILES string of the molecule is CCOc1nc2ccccc2nc1OCCC[C@@H]1CCCCN1. The van der Waals surface area contributed by atoms with Crippen molar-refractivity contribution in [1.29, 1.82) is 0 Å². The van der Waals surface area contributed by atoms with Gasteiger partial charge >= 0.3 is 0 Å². The lowest BCUT2D eigenvalue weighted by Crippen LogP contribution is -2.34. The zero-order valence-corrected chi connectivity index (χ0v) is 13.8. The maximum atomic E-state index is 5.86. The van der Waals surface area contributed by atoms with Crippen LogP contribution in [0.2, 0.25) is 0 Å². The minimum absolute atomic E-state index is 0.488. The predicted molar refractivity (Wildman–Crippen MR) is 91.1 cm³/mol. The van der Waals surface area contributed by atoms with Crippen LogP contribution in [-0.4, -0.2) is 35.8 Å². The van der Waals surface area contributed by atoms with E-state index in [9.17, 15) is 0 Å². The van der Waals surface area contributed by atoms with Gasteiger partial charge in [0.1, 0.15) is 0 Å². The molecule has 1 fully saturated rings. The number of para-hydroxylation sites is 2. The van der Waals surface area contributed by atoms with Crippen LogP contribution in [0, 0.1) is 0 Å². The van der Waals surface area contributed by atoms with Crippen molar-refractivity contribution in [2.45, 2.75) is 45.1 Å². The molecule has 0 saturated carbocycles. The first-order valence-corrected chi connectivity index (χ1v) is 8.62. The first kappa shape index (κ1) is 16.0. The summed E-state index contributed by atoms with van der Waals surface area (Å²) in [7, 11) is 0. The summed E-state index contributed by atoms with van der Waals surface area (Å²) in [4.78, 5) is 9.06. The summed E-state index contributed by atoms with van der Waals surface area (Å²) in [6.07, 6.45) is 6.07. The monoisotopic (exact) mass is 315 g/mol. The van der Waals surface area contributed by atoms with Crippen molar-refractivity contribution in [3.8, 4) is 11.8 Å². The van der Waals surface area contributed by atoms with Crippen LogP contribution >= 0.6 is 0 Å². The molecule has 0 amide bonds. The minimum atomic E-state index is 0.488. The van der Waals surface area contributed by atoms with Crippen LogP contribution in [0.15, 0.2) is 24.3 Å². The van der Waals surface area contributed by atoms with E-state index in [1.54, 1.807) is 0 Å². The fraction of sp³-hybridized carbons (Fsp3) is 0.556. The molecule has 2 aromatic rings. The van der Waals surface area contributed by atoms with Crippen molar-refractivity contribution >= 4 is 11.0 Å². The molecule has 3 rings (SSSR count). The van der Waals surface area contributed by atoms with Crippen molar-refractivity contribution in [2.75, 3.05) is 19.8 Å². The van der Waals surface area contributed by atoms with E-state index in [2.05, 4.69) is 15.3 Å². The maximum Gasteiger partial charge on any atom is 0.278 e. The Labute approximate surface area is 137 Å². The Hall–Kier alpha value is -1.88. The van der Waals surface area contributed by atoms with Crippen LogP contribution < -0.4 is 14.8 Å². The van der Waals surface area contributed by atoms with Gasteiger partial charge in [0.05, 0.1) is 24.2 Å². The number of nitrogens with one attached hydrogen (secondary N) is 1. The number of piperidine rings is 1. The topological polar surface area (TPSA) is 56.3 Å². The molecule has 0 unspecified atom stereocenters. The molecule has 5 nitrogen and oxygen atoms in total. The van der Waals surface area contributed by atoms with Gasteiger partial charge in [-0.25, -0.2) is 9.97 Å². The van der Waals surface area contributed by atoms with E-state index in [0.717, 1.165) is 30.4 Å². The zero-order chi connectivity index (χ0) is 15.9. The molecule has 1 aliphatic rings. The minimum Gasteiger partial charge on any atom is -0.474 e. The van der Waals surface area contributed by atoms with E-state index in [4.69, 9.17) is 9.47 Å². The average molecular weight is 315 g/mol. The number of rotatable bonds is 7. The standard InChI is InChI=1S/C18H25N3O2/c1-2-22-17-18(21-16-11-4-3-10-15(16)20-17)23-13-7-9-14-8-5-6-12-19-14/h3-4,10-11,14,19H,2,5-9,12-13H2,1H3/t14-/m0/s1. The van der Waals surface area contributed by atoms with E-state index in [0.29, 0.717) is 31.0 Å². The van der Waals surface area contributed by atoms with E-state index in [-0.39, 0.29) is 0 Å². The van der Waals surface area contributed by atoms with E-state index >= 15 is 0 Å². The number of fused-ring (bicyclic) bond motifs is 1. The summed E-state index contributed by atoms with van der Waals surface area (Å²) < 4.78 is 11.4. The maximum absolute atomic E-state index is 5.86. The van der Waals surface area contributed by atoms with Gasteiger partial charge in [-0.05, 0) is 51.3 Å². The molecule has 0 bridgehead atoms. The highest BCUT2D eigenvalue weighted by Gasteiger charge is 2.14. The Morgan fingerprint density at radius 2 is 1.83 bits per heavy atom. The fourth-order valence-electron chi connectivity index (χ4n) is 2.96. The molecule has 1 aromatic carbocycles. The Balaban J connectivity index is 1.60. The average Bonchev–Trinajstić information content (AvgIpc) is 2.60. The third-order valence-corrected chi connectivity index (χ3v) is 4.14. The fourth-order valence-corrected chi connectivity index (χ4v) is 2.96. The smallest absolute Gasteiger partial charge is 0.278 e. The van der Waals surface area contributed by atoms with Crippen LogP contribution in [0.4, 0.5) is 0 Å². The Kier molecular flexibility index (Phi) is 5.64. The van der Waals surface area contributed by atoms with Gasteiger partial charge in [-0.2, -0.15) is 0 Å². The number of aromatic nitrogens is 2. The van der Waals surface area contributed by atoms with E-state index in [1.165, 1.54) is 19.3 Å². The lowest BCUT2D eigenvalue weighted by atomic mass is 10.0. The summed E-state index contributed by atoms with van der Waals surface area (Å²) >= 11 is 0. The lowest BCUT2D eigenvalue weighted by molar-refractivity contribution is 0.248. The molecule has 1 N–H and O–H groups in total. The quantitative estimate of drug-likeness (QED) is 0.794. The normalized spacial score (nSPS) is 18.0. The molecule has 2 heterocycles. The first-order chi connectivity index (χ1) is 11.4. The number of hydrogen-bond donors (Lipinski definition) is 1. The van der Waals surface area contributed by atoms with Gasteiger partial charge in [0, 0.05) is 6.04 Å². The lowest BCUT2D eigenvalue weighted by Gasteiger charge is -2.23. The molecule has 0 radical (unpaired) electrons. The van der Waals surface area contributed by atoms with Gasteiger partial charge in [-0.15, -0.1) is 0 Å². The zero-order valence-electron chi connectivity index (χ0n) is 13.8. The van der Waals surface area contributed by atoms with Gasteiger partial charge in [-0.3, -0.25) is 0 Å². The highest BCUT2D eigenvalue weighted by Crippen LogP contribution is 2.26. The first-order valence-electron chi connectivity index (χ1n) is 8.62. The third kappa shape index (κ3) is 4.32. The van der Waals surface area contributed by atoms with Crippen LogP contribution in [0.1, 0.15) is 39.0 Å². The summed E-state index contributed by atoms with van der Waals surface area (Å²) in [5, 5.41) is 3.57. The molecule has 5 heteroatoms. The number of nitrogens with zero attached hydrogens (tertiary/aromatic N) is 2. The van der Waals surface area contributed by atoms with Crippen molar-refractivity contribution in [3.05, 3.63) is 24.3 Å². The van der Waals surface area contributed by atoms with Gasteiger partial charge in [0.2, 0.25) is 0 Å².